The smallest absolute Gasteiger partial charge is 0.273 e. The molecule has 2 rings (SSSR count). The molecule has 3 heteroatoms. The Kier molecular flexibility index (Phi) is 2.83. The highest BCUT2D eigenvalue weighted by Crippen LogP contribution is 2.34. The van der Waals surface area contributed by atoms with E-state index in [0.29, 0.717) is 5.92 Å². The van der Waals surface area contributed by atoms with Gasteiger partial charge in [-0.3, -0.25) is 0 Å². The standard InChI is InChI=1S/C10H15NOS/c1-12-10-11-9(7-13-10)8-5-3-2-4-6-8/h7-8H,2-6H2,1H3. The van der Waals surface area contributed by atoms with E-state index >= 15 is 0 Å². The summed E-state index contributed by atoms with van der Waals surface area (Å²) in [6, 6.07) is 0. The van der Waals surface area contributed by atoms with Gasteiger partial charge in [0, 0.05) is 11.3 Å². The van der Waals surface area contributed by atoms with Gasteiger partial charge in [0.25, 0.3) is 5.19 Å². The van der Waals surface area contributed by atoms with Crippen molar-refractivity contribution in [1.82, 2.24) is 4.98 Å². The van der Waals surface area contributed by atoms with E-state index in [0.717, 1.165) is 5.19 Å². The number of ether oxygens (including phenoxy) is 1. The lowest BCUT2D eigenvalue weighted by Gasteiger charge is -2.19. The monoisotopic (exact) mass is 197 g/mol. The summed E-state index contributed by atoms with van der Waals surface area (Å²) < 4.78 is 5.09. The molecule has 13 heavy (non-hydrogen) atoms. The van der Waals surface area contributed by atoms with Gasteiger partial charge in [0.2, 0.25) is 0 Å². The number of aromatic nitrogens is 1. The van der Waals surface area contributed by atoms with Crippen LogP contribution in [-0.4, -0.2) is 12.1 Å². The van der Waals surface area contributed by atoms with Crippen LogP contribution >= 0.6 is 11.3 Å². The second-order valence-electron chi connectivity index (χ2n) is 3.58. The SMILES string of the molecule is COc1nc(C2CCCCC2)cs1. The fourth-order valence-corrected chi connectivity index (χ4v) is 2.67. The third kappa shape index (κ3) is 2.02. The number of nitrogens with zero attached hydrogens (tertiary/aromatic N) is 1. The van der Waals surface area contributed by atoms with Crippen LogP contribution in [0.1, 0.15) is 43.7 Å². The third-order valence-electron chi connectivity index (χ3n) is 2.70. The van der Waals surface area contributed by atoms with E-state index in [1.165, 1.54) is 37.8 Å². The maximum absolute atomic E-state index is 5.09. The summed E-state index contributed by atoms with van der Waals surface area (Å²) in [7, 11) is 1.68. The lowest BCUT2D eigenvalue weighted by Crippen LogP contribution is -2.04. The molecule has 0 N–H and O–H groups in total. The molecule has 1 aliphatic rings. The Morgan fingerprint density at radius 2 is 2.15 bits per heavy atom. The van der Waals surface area contributed by atoms with Crippen molar-refractivity contribution in [2.24, 2.45) is 0 Å². The first kappa shape index (κ1) is 9.00. The van der Waals surface area contributed by atoms with Gasteiger partial charge < -0.3 is 4.74 Å². The van der Waals surface area contributed by atoms with Crippen LogP contribution in [0.25, 0.3) is 0 Å². The van der Waals surface area contributed by atoms with Crippen molar-refractivity contribution in [2.75, 3.05) is 7.11 Å². The fraction of sp³-hybridized carbons (Fsp3) is 0.700. The molecule has 0 aromatic carbocycles. The van der Waals surface area contributed by atoms with Crippen molar-refractivity contribution in [2.45, 2.75) is 38.0 Å². The van der Waals surface area contributed by atoms with Crippen molar-refractivity contribution in [3.05, 3.63) is 11.1 Å². The van der Waals surface area contributed by atoms with Crippen molar-refractivity contribution in [1.29, 1.82) is 0 Å². The molecule has 0 unspecified atom stereocenters. The molecule has 0 bridgehead atoms. The Balaban J connectivity index is 2.05. The van der Waals surface area contributed by atoms with E-state index in [-0.39, 0.29) is 0 Å². The van der Waals surface area contributed by atoms with Gasteiger partial charge in [0.1, 0.15) is 0 Å². The van der Waals surface area contributed by atoms with Crippen LogP contribution in [0.5, 0.6) is 5.19 Å². The highest BCUT2D eigenvalue weighted by atomic mass is 32.1. The van der Waals surface area contributed by atoms with E-state index in [9.17, 15) is 0 Å². The molecule has 1 aromatic rings. The predicted octanol–water partition coefficient (Wildman–Crippen LogP) is 3.20. The maximum Gasteiger partial charge on any atom is 0.273 e. The van der Waals surface area contributed by atoms with Crippen LogP contribution in [0.4, 0.5) is 0 Å². The Bertz CT molecular complexity index is 266. The molecular weight excluding hydrogens is 182 g/mol. The van der Waals surface area contributed by atoms with E-state index < -0.39 is 0 Å². The highest BCUT2D eigenvalue weighted by molar-refractivity contribution is 7.11. The van der Waals surface area contributed by atoms with Crippen LogP contribution in [0.3, 0.4) is 0 Å². The summed E-state index contributed by atoms with van der Waals surface area (Å²) in [5.41, 5.74) is 1.25. The van der Waals surface area contributed by atoms with Gasteiger partial charge in [-0.25, -0.2) is 4.98 Å². The number of hydrogen-bond acceptors (Lipinski definition) is 3. The number of rotatable bonds is 2. The zero-order valence-corrected chi connectivity index (χ0v) is 8.77. The third-order valence-corrected chi connectivity index (χ3v) is 3.52. The Morgan fingerprint density at radius 3 is 2.77 bits per heavy atom. The lowest BCUT2D eigenvalue weighted by atomic mass is 9.87. The highest BCUT2D eigenvalue weighted by Gasteiger charge is 2.18. The van der Waals surface area contributed by atoms with Crippen LogP contribution in [0.2, 0.25) is 0 Å². The molecule has 0 saturated heterocycles. The van der Waals surface area contributed by atoms with Gasteiger partial charge in [0.15, 0.2) is 0 Å². The van der Waals surface area contributed by atoms with Crippen molar-refractivity contribution >= 4 is 11.3 Å². The summed E-state index contributed by atoms with van der Waals surface area (Å²) >= 11 is 1.61. The molecule has 0 aliphatic heterocycles. The molecule has 0 atom stereocenters. The summed E-state index contributed by atoms with van der Waals surface area (Å²) in [6.45, 7) is 0. The van der Waals surface area contributed by atoms with Crippen LogP contribution in [0.15, 0.2) is 5.38 Å². The zero-order valence-electron chi connectivity index (χ0n) is 7.95. The average Bonchev–Trinajstić information content (AvgIpc) is 2.67. The quantitative estimate of drug-likeness (QED) is 0.726. The van der Waals surface area contributed by atoms with Gasteiger partial charge in [-0.15, -0.1) is 0 Å². The Hall–Kier alpha value is -0.570. The second-order valence-corrected chi connectivity index (χ2v) is 4.40. The molecule has 1 heterocycles. The molecule has 1 aromatic heterocycles. The van der Waals surface area contributed by atoms with Crippen molar-refractivity contribution < 1.29 is 4.74 Å². The minimum absolute atomic E-state index is 0.703. The first-order valence-corrected chi connectivity index (χ1v) is 5.77. The molecule has 1 fully saturated rings. The zero-order chi connectivity index (χ0) is 9.10. The Labute approximate surface area is 83.0 Å². The van der Waals surface area contributed by atoms with E-state index in [4.69, 9.17) is 4.74 Å². The average molecular weight is 197 g/mol. The minimum atomic E-state index is 0.703. The predicted molar refractivity (Wildman–Crippen MR) is 54.5 cm³/mol. The Morgan fingerprint density at radius 1 is 1.38 bits per heavy atom. The van der Waals surface area contributed by atoms with Gasteiger partial charge in [-0.05, 0) is 12.8 Å². The maximum atomic E-state index is 5.09. The first-order valence-electron chi connectivity index (χ1n) is 4.89. The van der Waals surface area contributed by atoms with Gasteiger partial charge in [0.05, 0.1) is 12.8 Å². The first-order chi connectivity index (χ1) is 6.40. The normalized spacial score (nSPS) is 18.8. The molecule has 1 aliphatic carbocycles. The van der Waals surface area contributed by atoms with Crippen molar-refractivity contribution in [3.63, 3.8) is 0 Å². The number of thiazole rings is 1. The molecule has 72 valence electrons. The summed E-state index contributed by atoms with van der Waals surface area (Å²) in [4.78, 5) is 4.45. The van der Waals surface area contributed by atoms with E-state index in [2.05, 4.69) is 10.4 Å². The minimum Gasteiger partial charge on any atom is -0.473 e. The largest absolute Gasteiger partial charge is 0.473 e. The fourth-order valence-electron chi connectivity index (χ4n) is 1.95. The van der Waals surface area contributed by atoms with Gasteiger partial charge in [-0.1, -0.05) is 30.6 Å². The molecular formula is C10H15NOS. The van der Waals surface area contributed by atoms with Crippen LogP contribution in [-0.2, 0) is 0 Å². The molecule has 2 nitrogen and oxygen atoms in total. The number of hydrogen-bond donors (Lipinski definition) is 0. The molecule has 0 radical (unpaired) electrons. The lowest BCUT2D eigenvalue weighted by molar-refractivity contribution is 0.402. The van der Waals surface area contributed by atoms with Crippen LogP contribution < -0.4 is 4.74 Å². The van der Waals surface area contributed by atoms with Gasteiger partial charge >= 0.3 is 0 Å². The number of methoxy groups -OCH3 is 1. The summed E-state index contributed by atoms with van der Waals surface area (Å²) in [5, 5.41) is 2.95. The van der Waals surface area contributed by atoms with Gasteiger partial charge in [-0.2, -0.15) is 0 Å². The molecule has 0 spiro atoms. The molecule has 0 amide bonds. The summed E-state index contributed by atoms with van der Waals surface area (Å²) in [6.07, 6.45) is 6.76. The molecule has 1 saturated carbocycles. The van der Waals surface area contributed by atoms with E-state index in [1.54, 1.807) is 18.4 Å². The summed E-state index contributed by atoms with van der Waals surface area (Å²) in [5.74, 6) is 0.703. The second kappa shape index (κ2) is 4.09. The van der Waals surface area contributed by atoms with E-state index in [1.807, 2.05) is 0 Å². The van der Waals surface area contributed by atoms with Crippen molar-refractivity contribution in [3.8, 4) is 5.19 Å². The topological polar surface area (TPSA) is 22.1 Å². The van der Waals surface area contributed by atoms with Crippen LogP contribution in [0, 0.1) is 0 Å².